The van der Waals surface area contributed by atoms with Gasteiger partial charge in [-0.25, -0.2) is 105 Å². The molecule has 10 aromatic rings. The van der Waals surface area contributed by atoms with Gasteiger partial charge in [0.25, 0.3) is 0 Å². The lowest BCUT2D eigenvalue weighted by Gasteiger charge is -2.23. The minimum absolute atomic E-state index is 2.02. The molecule has 0 bridgehead atoms. The molecule has 386 valence electrons. The Morgan fingerprint density at radius 3 is 0.547 bits per heavy atom. The number of hydrogen-bond acceptors (Lipinski definition) is 3. The maximum absolute atomic E-state index is 16.4. The molecule has 0 aliphatic rings. The molecule has 10 rings (SSSR count). The van der Waals surface area contributed by atoms with E-state index in [0.717, 1.165) is 0 Å². The highest BCUT2D eigenvalue weighted by molar-refractivity contribution is 6.41. The van der Waals surface area contributed by atoms with Gasteiger partial charge in [0.05, 0.1) is 64.6 Å². The molecule has 0 aliphatic heterocycles. The zero-order valence-electron chi connectivity index (χ0n) is 34.0. The highest BCUT2D eigenvalue weighted by Gasteiger charge is 2.44. The topological polar surface area (TPSA) is 27.7 Å². The van der Waals surface area contributed by atoms with Crippen LogP contribution < -0.4 is 14.0 Å². The van der Waals surface area contributed by atoms with Crippen LogP contribution in [0.3, 0.4) is 0 Å². The third-order valence-corrected chi connectivity index (χ3v) is 11.7. The number of hydrogen-bond donors (Lipinski definition) is 0. The first kappa shape index (κ1) is 50.4. The summed E-state index contributed by atoms with van der Waals surface area (Å²) in [4.78, 5) is 0. The van der Waals surface area contributed by atoms with Crippen molar-refractivity contribution in [1.82, 2.24) is 0 Å². The molecule has 10 aromatic carbocycles. The van der Waals surface area contributed by atoms with Crippen molar-refractivity contribution in [2.75, 3.05) is 0 Å². The summed E-state index contributed by atoms with van der Waals surface area (Å²) >= 11 is 0. The molecule has 75 heavy (non-hydrogen) atoms. The second-order valence-electron chi connectivity index (χ2n) is 15.4. The van der Waals surface area contributed by atoms with Crippen LogP contribution in [0.5, 0.6) is 17.2 Å². The number of rotatable bonds is 6. The predicted octanol–water partition coefficient (Wildman–Crippen LogP) is 15.5. The molecule has 31 heteroatoms. The van der Waals surface area contributed by atoms with Crippen LogP contribution in [0.15, 0.2) is 0 Å². The number of halogens is 27. The molecule has 0 amide bonds. The summed E-state index contributed by atoms with van der Waals surface area (Å²) in [5, 5.41) is -34.1. The minimum atomic E-state index is -4.51. The largest absolute Gasteiger partial charge is 0.864 e. The Balaban J connectivity index is 1.36. The van der Waals surface area contributed by atoms with Crippen molar-refractivity contribution in [3.63, 3.8) is 0 Å². The predicted molar refractivity (Wildman–Crippen MR) is 200 cm³/mol. The van der Waals surface area contributed by atoms with E-state index >= 15 is 87.8 Å². The molecule has 0 unspecified atom stereocenters. The Hall–Kier alpha value is -8.15. The normalized spacial score (nSPS) is 12.2. The van der Waals surface area contributed by atoms with E-state index in [2.05, 4.69) is 14.0 Å². The minimum Gasteiger partial charge on any atom is -0.486 e. The second kappa shape index (κ2) is 16.4. The number of fused-ring (bicyclic) bond motifs is 4. The lowest BCUT2D eigenvalue weighted by molar-refractivity contribution is 0.283. The highest BCUT2D eigenvalue weighted by atomic mass is 19.2. The van der Waals surface area contributed by atoms with Crippen molar-refractivity contribution in [3.05, 3.63) is 157 Å². The van der Waals surface area contributed by atoms with Gasteiger partial charge in [0.15, 0.2) is 134 Å². The highest BCUT2D eigenvalue weighted by Crippen LogP contribution is 2.51. The van der Waals surface area contributed by atoms with Gasteiger partial charge >= 0.3 is 7.32 Å². The molecule has 0 aromatic heterocycles. The molecule has 0 fully saturated rings. The van der Waals surface area contributed by atoms with Crippen LogP contribution in [-0.4, -0.2) is 7.32 Å². The van der Waals surface area contributed by atoms with Gasteiger partial charge in [0.1, 0.15) is 23.3 Å². The van der Waals surface area contributed by atoms with E-state index in [1.807, 2.05) is 0 Å². The smallest absolute Gasteiger partial charge is 0.486 e. The molecular formula is C44BF27O3. The standard InChI is InChI=1S/C44BF27O3/c46-15-6-8(26(57)35(66)33(64)24(6)55)17(48)13-10(15)28(59)37(68)40(71)43(13)74-45(75-44-14-11(29(60)38(69)41(44)72)16(47)7-9(18(14)49)27(58)36(67)34(65)25(7)56)73-42-12-2-1-3(19(50)20(51)5(2)30(61)39(42)70)22(53)32(63)23(54)4(1)21(52)31(12)62. The van der Waals surface area contributed by atoms with Crippen LogP contribution in [0.4, 0.5) is 119 Å². The van der Waals surface area contributed by atoms with Crippen LogP contribution >= 0.6 is 0 Å². The fourth-order valence-electron chi connectivity index (χ4n) is 8.48. The molecule has 0 radical (unpaired) electrons. The Morgan fingerprint density at radius 1 is 0.133 bits per heavy atom. The van der Waals surface area contributed by atoms with E-state index in [-0.39, 0.29) is 0 Å². The van der Waals surface area contributed by atoms with E-state index in [0.29, 0.717) is 0 Å². The van der Waals surface area contributed by atoms with Gasteiger partial charge in [-0.05, 0) is 0 Å². The van der Waals surface area contributed by atoms with E-state index in [1.54, 1.807) is 0 Å². The summed E-state index contributed by atoms with van der Waals surface area (Å²) in [7, 11) is -4.51. The first-order valence-corrected chi connectivity index (χ1v) is 19.2. The summed E-state index contributed by atoms with van der Waals surface area (Å²) in [5.74, 6) is -90.6. The van der Waals surface area contributed by atoms with Crippen LogP contribution in [0.2, 0.25) is 0 Å². The van der Waals surface area contributed by atoms with Gasteiger partial charge in [-0.2, -0.15) is 13.2 Å². The third kappa shape index (κ3) is 6.22. The maximum atomic E-state index is 16.4. The summed E-state index contributed by atoms with van der Waals surface area (Å²) in [6.07, 6.45) is 0. The Kier molecular flexibility index (Phi) is 11.0. The van der Waals surface area contributed by atoms with Gasteiger partial charge in [-0.15, -0.1) is 0 Å². The molecule has 0 heterocycles. The zero-order valence-corrected chi connectivity index (χ0v) is 34.0. The number of benzene rings is 10. The average Bonchev–Trinajstić information content (AvgIpc) is 3.38. The van der Waals surface area contributed by atoms with Gasteiger partial charge in [0.2, 0.25) is 17.5 Å². The van der Waals surface area contributed by atoms with Crippen LogP contribution in [0.1, 0.15) is 0 Å². The van der Waals surface area contributed by atoms with Crippen molar-refractivity contribution in [1.29, 1.82) is 0 Å². The lowest BCUT2D eigenvalue weighted by Crippen LogP contribution is -2.38. The second-order valence-corrected chi connectivity index (χ2v) is 15.4. The monoisotopic (exact) mass is 1100 g/mol. The first-order valence-electron chi connectivity index (χ1n) is 19.2. The van der Waals surface area contributed by atoms with Gasteiger partial charge in [0, 0.05) is 10.8 Å². The van der Waals surface area contributed by atoms with E-state index < -0.39 is 257 Å². The van der Waals surface area contributed by atoms with Crippen LogP contribution in [0.25, 0.3) is 75.4 Å². The molecule has 0 spiro atoms. The molecular weight excluding hydrogens is 1100 g/mol. The Morgan fingerprint density at radius 2 is 0.267 bits per heavy atom. The summed E-state index contributed by atoms with van der Waals surface area (Å²) in [6.45, 7) is 0. The summed E-state index contributed by atoms with van der Waals surface area (Å²) < 4.78 is 430. The third-order valence-electron chi connectivity index (χ3n) is 11.7. The summed E-state index contributed by atoms with van der Waals surface area (Å²) in [6, 6.07) is 0. The molecule has 0 aliphatic carbocycles. The quantitative estimate of drug-likeness (QED) is 0.0415. The SMILES string of the molecule is Fc1c(F)c(F)c2c(F)c3c(OB(Oc4c(F)c(F)c(F)c5c(F)c6c(F)c(F)c(F)c(F)c6c(F)c45)Oc4c(F)c(F)c5c(F)c(F)c6c(F)c(F)c(F)c7c(F)c(F)c4c5c67)c(F)c(F)c(F)c3c(F)c2c1F. The lowest BCUT2D eigenvalue weighted by atomic mass is 9.90. The van der Waals surface area contributed by atoms with Gasteiger partial charge in [-0.1, -0.05) is 0 Å². The van der Waals surface area contributed by atoms with E-state index in [1.165, 1.54) is 0 Å². The van der Waals surface area contributed by atoms with E-state index in [9.17, 15) is 30.7 Å². The zero-order chi connectivity index (χ0) is 55.1. The molecule has 0 atom stereocenters. The Bertz CT molecular complexity index is 4180. The van der Waals surface area contributed by atoms with Crippen LogP contribution in [0, 0.1) is 157 Å². The Labute approximate surface area is 389 Å². The maximum Gasteiger partial charge on any atom is 0.864 e. The van der Waals surface area contributed by atoms with Crippen LogP contribution in [-0.2, 0) is 0 Å². The van der Waals surface area contributed by atoms with Gasteiger partial charge in [-0.3, -0.25) is 0 Å². The molecule has 3 nitrogen and oxygen atoms in total. The summed E-state index contributed by atoms with van der Waals surface area (Å²) in [5.41, 5.74) is 0. The molecule has 0 N–H and O–H groups in total. The van der Waals surface area contributed by atoms with Crippen molar-refractivity contribution in [2.24, 2.45) is 0 Å². The molecule has 0 saturated carbocycles. The van der Waals surface area contributed by atoms with E-state index in [4.69, 9.17) is 0 Å². The molecule has 0 saturated heterocycles. The van der Waals surface area contributed by atoms with Crippen molar-refractivity contribution >= 4 is 82.7 Å². The van der Waals surface area contributed by atoms with Crippen molar-refractivity contribution in [2.45, 2.75) is 0 Å². The fraction of sp³-hybridized carbons (Fsp3) is 0. The first-order chi connectivity index (χ1) is 35.0. The van der Waals surface area contributed by atoms with Crippen molar-refractivity contribution in [3.8, 4) is 17.2 Å². The van der Waals surface area contributed by atoms with Crippen molar-refractivity contribution < 1.29 is 133 Å². The van der Waals surface area contributed by atoms with Gasteiger partial charge < -0.3 is 14.0 Å². The average molecular weight is 1100 g/mol. The fourth-order valence-corrected chi connectivity index (χ4v) is 8.48.